The first-order valence-electron chi connectivity index (χ1n) is 5.57. The van der Waals surface area contributed by atoms with Crippen molar-refractivity contribution in [2.24, 2.45) is 0 Å². The number of amides is 1. The van der Waals surface area contributed by atoms with Crippen LogP contribution >= 0.6 is 0 Å². The molecule has 0 aliphatic carbocycles. The molecule has 0 aliphatic rings. The van der Waals surface area contributed by atoms with Gasteiger partial charge in [-0.15, -0.1) is 0 Å². The van der Waals surface area contributed by atoms with Crippen LogP contribution in [0, 0.1) is 6.92 Å². The summed E-state index contributed by atoms with van der Waals surface area (Å²) in [7, 11) is -4.32. The first-order valence-corrected chi connectivity index (χ1v) is 7.01. The van der Waals surface area contributed by atoms with Crippen molar-refractivity contribution in [2.45, 2.75) is 38.2 Å². The number of hydrogen-bond acceptors (Lipinski definition) is 4. The van der Waals surface area contributed by atoms with E-state index >= 15 is 0 Å². The summed E-state index contributed by atoms with van der Waals surface area (Å²) in [5.41, 5.74) is -0.0366. The molecule has 0 atom stereocenters. The van der Waals surface area contributed by atoms with Crippen LogP contribution in [-0.2, 0) is 14.9 Å². The third kappa shape index (κ3) is 4.88. The van der Waals surface area contributed by atoms with E-state index in [4.69, 9.17) is 9.29 Å². The van der Waals surface area contributed by atoms with Crippen LogP contribution in [0.5, 0.6) is 0 Å². The molecule has 1 rings (SSSR count). The second-order valence-corrected chi connectivity index (χ2v) is 6.47. The largest absolute Gasteiger partial charge is 0.444 e. The highest BCUT2D eigenvalue weighted by molar-refractivity contribution is 7.85. The molecule has 19 heavy (non-hydrogen) atoms. The predicted molar refractivity (Wildman–Crippen MR) is 70.9 cm³/mol. The van der Waals surface area contributed by atoms with Crippen molar-refractivity contribution in [3.8, 4) is 0 Å². The predicted octanol–water partition coefficient (Wildman–Crippen LogP) is 2.59. The number of nitrogens with one attached hydrogen (secondary N) is 1. The molecule has 2 N–H and O–H groups in total. The van der Waals surface area contributed by atoms with Crippen molar-refractivity contribution in [1.82, 2.24) is 0 Å². The molecule has 0 radical (unpaired) electrons. The Bertz CT molecular complexity index is 587. The second kappa shape index (κ2) is 5.18. The van der Waals surface area contributed by atoms with E-state index in [0.29, 0.717) is 5.56 Å². The molecule has 1 aromatic rings. The zero-order chi connectivity index (χ0) is 14.8. The number of carbonyl (C=O) groups excluding carboxylic acids is 1. The van der Waals surface area contributed by atoms with Gasteiger partial charge in [0.15, 0.2) is 0 Å². The summed E-state index contributed by atoms with van der Waals surface area (Å²) in [5.74, 6) is 0. The first kappa shape index (κ1) is 15.5. The molecule has 6 nitrogen and oxygen atoms in total. The number of carbonyl (C=O) groups is 1. The Hall–Kier alpha value is -1.60. The summed E-state index contributed by atoms with van der Waals surface area (Å²) in [6, 6.07) is 4.18. The van der Waals surface area contributed by atoms with Crippen molar-refractivity contribution in [3.63, 3.8) is 0 Å². The van der Waals surface area contributed by atoms with Crippen molar-refractivity contribution in [2.75, 3.05) is 5.32 Å². The van der Waals surface area contributed by atoms with Gasteiger partial charge in [-0.1, -0.05) is 6.07 Å². The van der Waals surface area contributed by atoms with Gasteiger partial charge in [0, 0.05) is 5.69 Å². The van der Waals surface area contributed by atoms with Crippen molar-refractivity contribution in [1.29, 1.82) is 0 Å². The smallest absolute Gasteiger partial charge is 0.412 e. The molecule has 0 saturated heterocycles. The van der Waals surface area contributed by atoms with Gasteiger partial charge in [0.25, 0.3) is 10.1 Å². The van der Waals surface area contributed by atoms with Gasteiger partial charge in [-0.3, -0.25) is 9.87 Å². The van der Waals surface area contributed by atoms with E-state index in [0.717, 1.165) is 0 Å². The fraction of sp³-hybridized carbons (Fsp3) is 0.417. The van der Waals surface area contributed by atoms with Crippen LogP contribution in [0.3, 0.4) is 0 Å². The van der Waals surface area contributed by atoms with E-state index in [9.17, 15) is 13.2 Å². The number of ether oxygens (including phenoxy) is 1. The normalized spacial score (nSPS) is 12.1. The molecule has 0 bridgehead atoms. The third-order valence-electron chi connectivity index (χ3n) is 2.11. The van der Waals surface area contributed by atoms with Crippen LogP contribution in [0.25, 0.3) is 0 Å². The van der Waals surface area contributed by atoms with Crippen LogP contribution in [0.4, 0.5) is 10.5 Å². The summed E-state index contributed by atoms with van der Waals surface area (Å²) in [6.07, 6.45) is -0.697. The molecular formula is C12H17NO5S. The minimum absolute atomic E-state index is 0.229. The molecule has 106 valence electrons. The van der Waals surface area contributed by atoms with Crippen LogP contribution in [0.2, 0.25) is 0 Å². The average molecular weight is 287 g/mol. The topological polar surface area (TPSA) is 92.7 Å². The maximum atomic E-state index is 11.5. The van der Waals surface area contributed by atoms with Crippen LogP contribution < -0.4 is 5.32 Å². The number of rotatable bonds is 2. The monoisotopic (exact) mass is 287 g/mol. The molecule has 7 heteroatoms. The molecule has 1 aromatic carbocycles. The van der Waals surface area contributed by atoms with Gasteiger partial charge in [-0.05, 0) is 45.4 Å². The fourth-order valence-electron chi connectivity index (χ4n) is 1.38. The Morgan fingerprint density at radius 2 is 1.89 bits per heavy atom. The van der Waals surface area contributed by atoms with E-state index in [1.165, 1.54) is 18.2 Å². The Morgan fingerprint density at radius 3 is 2.37 bits per heavy atom. The highest BCUT2D eigenvalue weighted by atomic mass is 32.2. The third-order valence-corrected chi connectivity index (χ3v) is 3.11. The van der Waals surface area contributed by atoms with Crippen molar-refractivity contribution in [3.05, 3.63) is 23.8 Å². The van der Waals surface area contributed by atoms with E-state index in [1.807, 2.05) is 0 Å². The van der Waals surface area contributed by atoms with E-state index in [-0.39, 0.29) is 10.6 Å². The zero-order valence-corrected chi connectivity index (χ0v) is 12.0. The lowest BCUT2D eigenvalue weighted by Gasteiger charge is -2.19. The minimum atomic E-state index is -4.32. The standard InChI is InChI=1S/C12H17NO5S/c1-8-5-6-9(7-10(8)19(15,16)17)13-11(14)18-12(2,3)4/h5-7H,1-4H3,(H,13,14)(H,15,16,17). The average Bonchev–Trinajstić information content (AvgIpc) is 2.16. The molecule has 0 spiro atoms. The summed E-state index contributed by atoms with van der Waals surface area (Å²) in [6.45, 7) is 6.68. The van der Waals surface area contributed by atoms with Crippen molar-refractivity contribution >= 4 is 21.9 Å². The lowest BCUT2D eigenvalue weighted by Crippen LogP contribution is -2.27. The molecule has 0 aliphatic heterocycles. The molecule has 0 fully saturated rings. The Labute approximate surface area is 112 Å². The highest BCUT2D eigenvalue weighted by Gasteiger charge is 2.18. The summed E-state index contributed by atoms with van der Waals surface area (Å²) < 4.78 is 36.3. The molecule has 1 amide bonds. The first-order chi connectivity index (χ1) is 8.49. The number of anilines is 1. The van der Waals surface area contributed by atoms with E-state index in [1.54, 1.807) is 27.7 Å². The van der Waals surface area contributed by atoms with Gasteiger partial charge in [-0.2, -0.15) is 8.42 Å². The molecule has 0 aromatic heterocycles. The fourth-order valence-corrected chi connectivity index (χ4v) is 2.13. The maximum absolute atomic E-state index is 11.5. The molecule has 0 heterocycles. The van der Waals surface area contributed by atoms with Crippen LogP contribution in [0.1, 0.15) is 26.3 Å². The number of aryl methyl sites for hydroxylation is 1. The van der Waals surface area contributed by atoms with Crippen LogP contribution in [0.15, 0.2) is 23.1 Å². The second-order valence-electron chi connectivity index (χ2n) is 5.08. The molecular weight excluding hydrogens is 270 g/mol. The van der Waals surface area contributed by atoms with Crippen LogP contribution in [-0.4, -0.2) is 24.7 Å². The molecule has 0 saturated carbocycles. The van der Waals surface area contributed by atoms with Gasteiger partial charge in [0.1, 0.15) is 5.60 Å². The minimum Gasteiger partial charge on any atom is -0.444 e. The number of benzene rings is 1. The van der Waals surface area contributed by atoms with Crippen molar-refractivity contribution < 1.29 is 22.5 Å². The summed E-state index contributed by atoms with van der Waals surface area (Å²) in [4.78, 5) is 11.3. The van der Waals surface area contributed by atoms with Gasteiger partial charge in [-0.25, -0.2) is 4.79 Å². The maximum Gasteiger partial charge on any atom is 0.412 e. The highest BCUT2D eigenvalue weighted by Crippen LogP contribution is 2.20. The van der Waals surface area contributed by atoms with Gasteiger partial charge < -0.3 is 4.74 Å². The summed E-state index contributed by atoms with van der Waals surface area (Å²) >= 11 is 0. The molecule has 0 unspecified atom stereocenters. The van der Waals surface area contributed by atoms with Gasteiger partial charge in [0.2, 0.25) is 0 Å². The Kier molecular flexibility index (Phi) is 4.21. The lowest BCUT2D eigenvalue weighted by molar-refractivity contribution is 0.0636. The summed E-state index contributed by atoms with van der Waals surface area (Å²) in [5, 5.41) is 2.40. The van der Waals surface area contributed by atoms with E-state index in [2.05, 4.69) is 5.32 Å². The SMILES string of the molecule is Cc1ccc(NC(=O)OC(C)(C)C)cc1S(=O)(=O)O. The van der Waals surface area contributed by atoms with Gasteiger partial charge >= 0.3 is 6.09 Å². The quantitative estimate of drug-likeness (QED) is 0.815. The van der Waals surface area contributed by atoms with Gasteiger partial charge in [0.05, 0.1) is 4.90 Å². The Balaban J connectivity index is 2.96. The zero-order valence-electron chi connectivity index (χ0n) is 11.2. The number of hydrogen-bond donors (Lipinski definition) is 2. The Morgan fingerprint density at radius 1 is 1.32 bits per heavy atom. The lowest BCUT2D eigenvalue weighted by atomic mass is 10.2. The van der Waals surface area contributed by atoms with E-state index < -0.39 is 21.8 Å².